The SMILES string of the molecule is CC(=O)c1ccc(N2C(=O)[C@@H]3[C@H](C2=O)[C@H]2CCCN2[C@@H]3C(=O)c2ccc(C)cc2)cc1. The number of Topliss-reactive ketones (excluding diaryl/α,β-unsaturated/α-hetero) is 2. The molecule has 0 radical (unpaired) electrons. The number of hydrogen-bond donors (Lipinski definition) is 0. The van der Waals surface area contributed by atoms with E-state index in [9.17, 15) is 19.2 Å². The molecule has 3 fully saturated rings. The Morgan fingerprint density at radius 1 is 0.871 bits per heavy atom. The summed E-state index contributed by atoms with van der Waals surface area (Å²) in [6.45, 7) is 4.17. The molecule has 2 aromatic rings. The van der Waals surface area contributed by atoms with Gasteiger partial charge in [-0.3, -0.25) is 24.1 Å². The number of amides is 2. The summed E-state index contributed by atoms with van der Waals surface area (Å²) in [4.78, 5) is 55.3. The topological polar surface area (TPSA) is 74.8 Å². The molecule has 2 aromatic carbocycles. The van der Waals surface area contributed by atoms with Crippen molar-refractivity contribution in [3.63, 3.8) is 0 Å². The van der Waals surface area contributed by atoms with Crippen LogP contribution in [0.5, 0.6) is 0 Å². The number of ketones is 2. The maximum Gasteiger partial charge on any atom is 0.239 e. The summed E-state index contributed by atoms with van der Waals surface area (Å²) in [5, 5.41) is 0. The highest BCUT2D eigenvalue weighted by Crippen LogP contribution is 2.48. The van der Waals surface area contributed by atoms with E-state index in [1.54, 1.807) is 36.4 Å². The van der Waals surface area contributed by atoms with Gasteiger partial charge in [0, 0.05) is 17.2 Å². The number of hydrogen-bond acceptors (Lipinski definition) is 5. The Bertz CT molecular complexity index is 1090. The number of aryl methyl sites for hydroxylation is 1. The Morgan fingerprint density at radius 3 is 2.13 bits per heavy atom. The summed E-state index contributed by atoms with van der Waals surface area (Å²) >= 11 is 0. The average Bonchev–Trinajstić information content (AvgIpc) is 3.40. The number of anilines is 1. The lowest BCUT2D eigenvalue weighted by molar-refractivity contribution is -0.123. The fourth-order valence-corrected chi connectivity index (χ4v) is 5.50. The van der Waals surface area contributed by atoms with E-state index < -0.39 is 17.9 Å². The van der Waals surface area contributed by atoms with Crippen LogP contribution in [0.4, 0.5) is 5.69 Å². The Balaban J connectivity index is 1.52. The maximum absolute atomic E-state index is 13.5. The molecule has 0 aromatic heterocycles. The fourth-order valence-electron chi connectivity index (χ4n) is 5.50. The molecule has 0 aliphatic carbocycles. The van der Waals surface area contributed by atoms with Gasteiger partial charge in [0.1, 0.15) is 0 Å². The van der Waals surface area contributed by atoms with Gasteiger partial charge < -0.3 is 0 Å². The van der Waals surface area contributed by atoms with E-state index >= 15 is 0 Å². The van der Waals surface area contributed by atoms with Crippen molar-refractivity contribution in [1.29, 1.82) is 0 Å². The molecule has 3 heterocycles. The van der Waals surface area contributed by atoms with Gasteiger partial charge >= 0.3 is 0 Å². The summed E-state index contributed by atoms with van der Waals surface area (Å²) in [5.74, 6) is -1.88. The van der Waals surface area contributed by atoms with Gasteiger partial charge in [-0.2, -0.15) is 0 Å². The van der Waals surface area contributed by atoms with Crippen LogP contribution in [0.2, 0.25) is 0 Å². The maximum atomic E-state index is 13.5. The highest BCUT2D eigenvalue weighted by atomic mass is 16.2. The van der Waals surface area contributed by atoms with E-state index in [0.717, 1.165) is 24.9 Å². The fraction of sp³-hybridized carbons (Fsp3) is 0.360. The van der Waals surface area contributed by atoms with Gasteiger partial charge in [0.2, 0.25) is 11.8 Å². The highest BCUT2D eigenvalue weighted by molar-refractivity contribution is 6.24. The zero-order chi connectivity index (χ0) is 21.9. The third-order valence-corrected chi connectivity index (χ3v) is 6.99. The second kappa shape index (κ2) is 7.24. The number of fused-ring (bicyclic) bond motifs is 3. The lowest BCUT2D eigenvalue weighted by Gasteiger charge is -2.27. The van der Waals surface area contributed by atoms with Crippen molar-refractivity contribution < 1.29 is 19.2 Å². The molecule has 0 N–H and O–H groups in total. The molecule has 6 heteroatoms. The Labute approximate surface area is 180 Å². The first-order valence-corrected chi connectivity index (χ1v) is 10.7. The predicted octanol–water partition coefficient (Wildman–Crippen LogP) is 3.03. The lowest BCUT2D eigenvalue weighted by Crippen LogP contribution is -2.46. The largest absolute Gasteiger partial charge is 0.295 e. The van der Waals surface area contributed by atoms with Crippen LogP contribution >= 0.6 is 0 Å². The first-order valence-electron chi connectivity index (χ1n) is 10.7. The summed E-state index contributed by atoms with van der Waals surface area (Å²) in [6.07, 6.45) is 1.73. The number of benzene rings is 2. The van der Waals surface area contributed by atoms with Crippen molar-refractivity contribution in [1.82, 2.24) is 4.90 Å². The number of nitrogens with zero attached hydrogens (tertiary/aromatic N) is 2. The van der Waals surface area contributed by atoms with Gasteiger partial charge in [-0.1, -0.05) is 29.8 Å². The minimum atomic E-state index is -0.668. The molecule has 0 saturated carbocycles. The van der Waals surface area contributed by atoms with Crippen molar-refractivity contribution in [2.24, 2.45) is 11.8 Å². The standard InChI is InChI=1S/C25H24N2O4/c1-14-5-7-17(8-6-14)23(29)22-21-20(19-4-3-13-26(19)22)24(30)27(25(21)31)18-11-9-16(10-12-18)15(2)28/h5-12,19-22H,3-4,13H2,1-2H3/t19-,20-,21-,22+/m1/s1. The molecule has 158 valence electrons. The van der Waals surface area contributed by atoms with Gasteiger partial charge in [0.15, 0.2) is 11.6 Å². The molecule has 6 nitrogen and oxygen atoms in total. The van der Waals surface area contributed by atoms with E-state index in [0.29, 0.717) is 16.8 Å². The van der Waals surface area contributed by atoms with Gasteiger partial charge in [0.25, 0.3) is 0 Å². The van der Waals surface area contributed by atoms with E-state index in [1.807, 2.05) is 19.1 Å². The summed E-state index contributed by atoms with van der Waals surface area (Å²) in [7, 11) is 0. The summed E-state index contributed by atoms with van der Waals surface area (Å²) in [5.41, 5.74) is 2.62. The molecular weight excluding hydrogens is 392 g/mol. The highest BCUT2D eigenvalue weighted by Gasteiger charge is 2.64. The lowest BCUT2D eigenvalue weighted by atomic mass is 9.85. The molecule has 0 spiro atoms. The van der Waals surface area contributed by atoms with Crippen LogP contribution in [0, 0.1) is 18.8 Å². The molecule has 3 aliphatic heterocycles. The molecular formula is C25H24N2O4. The first-order chi connectivity index (χ1) is 14.9. The van der Waals surface area contributed by atoms with Crippen LogP contribution in [0.3, 0.4) is 0 Å². The van der Waals surface area contributed by atoms with Crippen LogP contribution in [-0.4, -0.2) is 46.9 Å². The molecule has 3 aliphatic rings. The third kappa shape index (κ3) is 2.97. The molecule has 31 heavy (non-hydrogen) atoms. The summed E-state index contributed by atoms with van der Waals surface area (Å²) in [6, 6.07) is 13.2. The minimum Gasteiger partial charge on any atom is -0.295 e. The Morgan fingerprint density at radius 2 is 1.48 bits per heavy atom. The minimum absolute atomic E-state index is 0.0761. The number of carbonyl (C=O) groups is 4. The van der Waals surface area contributed by atoms with Crippen LogP contribution in [0.1, 0.15) is 46.0 Å². The normalized spacial score (nSPS) is 27.5. The van der Waals surface area contributed by atoms with E-state index in [4.69, 9.17) is 0 Å². The van der Waals surface area contributed by atoms with Crippen molar-refractivity contribution in [3.8, 4) is 0 Å². The second-order valence-electron chi connectivity index (χ2n) is 8.79. The molecule has 3 saturated heterocycles. The smallest absolute Gasteiger partial charge is 0.239 e. The van der Waals surface area contributed by atoms with Gasteiger partial charge in [0.05, 0.1) is 23.6 Å². The quantitative estimate of drug-likeness (QED) is 0.566. The van der Waals surface area contributed by atoms with Gasteiger partial charge in [-0.25, -0.2) is 4.90 Å². The number of rotatable bonds is 4. The second-order valence-corrected chi connectivity index (χ2v) is 8.79. The Hall–Kier alpha value is -3.12. The van der Waals surface area contributed by atoms with Gasteiger partial charge in [-0.15, -0.1) is 0 Å². The number of carbonyl (C=O) groups excluding carboxylic acids is 4. The number of imide groups is 1. The van der Waals surface area contributed by atoms with E-state index in [1.165, 1.54) is 11.8 Å². The molecule has 5 rings (SSSR count). The molecule has 0 bridgehead atoms. The van der Waals surface area contributed by atoms with Crippen LogP contribution in [0.25, 0.3) is 0 Å². The van der Waals surface area contributed by atoms with Crippen LogP contribution in [0.15, 0.2) is 48.5 Å². The zero-order valence-electron chi connectivity index (χ0n) is 17.6. The van der Waals surface area contributed by atoms with E-state index in [-0.39, 0.29) is 29.4 Å². The van der Waals surface area contributed by atoms with Crippen molar-refractivity contribution in [2.75, 3.05) is 11.4 Å². The van der Waals surface area contributed by atoms with Crippen LogP contribution in [-0.2, 0) is 9.59 Å². The zero-order valence-corrected chi connectivity index (χ0v) is 17.6. The van der Waals surface area contributed by atoms with Crippen molar-refractivity contribution in [2.45, 2.75) is 38.8 Å². The molecule has 2 amide bonds. The monoisotopic (exact) mass is 416 g/mol. The van der Waals surface area contributed by atoms with Crippen molar-refractivity contribution in [3.05, 3.63) is 65.2 Å². The van der Waals surface area contributed by atoms with Crippen LogP contribution < -0.4 is 4.90 Å². The Kier molecular flexibility index (Phi) is 4.63. The van der Waals surface area contributed by atoms with Crippen molar-refractivity contribution >= 4 is 29.1 Å². The van der Waals surface area contributed by atoms with Gasteiger partial charge in [-0.05, 0) is 57.5 Å². The first kappa shape index (κ1) is 19.8. The molecule has 0 unspecified atom stereocenters. The average molecular weight is 416 g/mol. The molecule has 4 atom stereocenters. The third-order valence-electron chi connectivity index (χ3n) is 6.99. The predicted molar refractivity (Wildman–Crippen MR) is 115 cm³/mol. The van der Waals surface area contributed by atoms with E-state index in [2.05, 4.69) is 4.90 Å². The summed E-state index contributed by atoms with van der Waals surface area (Å²) < 4.78 is 0.